The Balaban J connectivity index is 1.42. The van der Waals surface area contributed by atoms with Crippen molar-refractivity contribution in [3.05, 3.63) is 64.2 Å². The molecule has 6 rings (SSSR count). The number of ether oxygens (including phenoxy) is 2. The second kappa shape index (κ2) is 11.4. The highest BCUT2D eigenvalue weighted by Gasteiger charge is 2.44. The highest BCUT2D eigenvalue weighted by Crippen LogP contribution is 2.48. The van der Waals surface area contributed by atoms with E-state index in [1.54, 1.807) is 20.1 Å². The summed E-state index contributed by atoms with van der Waals surface area (Å²) in [6.07, 6.45) is 11.3. The molecular formula is C33H41ClN2O5S. The van der Waals surface area contributed by atoms with Crippen molar-refractivity contribution in [1.29, 1.82) is 0 Å². The Morgan fingerprint density at radius 3 is 2.64 bits per heavy atom. The standard InChI is InChI=1S/C33H41ClN2O5S/c1-21-7-4-5-8-23-10-11-26(23)18-36-19-33(14-6-9-24-15-28(34)31(40-3)17-27(24)33)20-41-30-13-12-25(16-29(30)36)32(37)35-42(38,39)22(21)2/h4-5,12-13,15-17,21-23,26H,6-11,14,18-20H2,1-3H3,(H,35,37)/b5-4+/t21-,22+,23-,26-,33-/m0/s1. The number of amides is 1. The molecule has 2 aromatic rings. The quantitative estimate of drug-likeness (QED) is 0.382. The average Bonchev–Trinajstić information content (AvgIpc) is 3.10. The van der Waals surface area contributed by atoms with Crippen LogP contribution in [0.4, 0.5) is 5.69 Å². The largest absolute Gasteiger partial charge is 0.495 e. The Hall–Kier alpha value is -2.71. The van der Waals surface area contributed by atoms with Gasteiger partial charge >= 0.3 is 0 Å². The highest BCUT2D eigenvalue weighted by molar-refractivity contribution is 7.90. The third-order valence-electron chi connectivity index (χ3n) is 10.3. The molecule has 1 spiro atoms. The normalized spacial score (nSPS) is 31.4. The van der Waals surface area contributed by atoms with Crippen molar-refractivity contribution in [2.24, 2.45) is 17.8 Å². The second-order valence-corrected chi connectivity index (χ2v) is 15.3. The first-order valence-electron chi connectivity index (χ1n) is 15.2. The van der Waals surface area contributed by atoms with Crippen LogP contribution >= 0.6 is 11.6 Å². The molecule has 0 aromatic heterocycles. The maximum absolute atomic E-state index is 13.3. The van der Waals surface area contributed by atoms with Gasteiger partial charge in [-0.05, 0) is 111 Å². The van der Waals surface area contributed by atoms with E-state index in [9.17, 15) is 13.2 Å². The number of anilines is 1. The molecule has 0 unspecified atom stereocenters. The zero-order valence-corrected chi connectivity index (χ0v) is 26.3. The number of hydrogen-bond donors (Lipinski definition) is 1. The summed E-state index contributed by atoms with van der Waals surface area (Å²) in [5.74, 6) is 1.78. The summed E-state index contributed by atoms with van der Waals surface area (Å²) < 4.78 is 40.9. The smallest absolute Gasteiger partial charge is 0.264 e. The van der Waals surface area contributed by atoms with Crippen LogP contribution in [0.15, 0.2) is 42.5 Å². The topological polar surface area (TPSA) is 84.9 Å². The van der Waals surface area contributed by atoms with Gasteiger partial charge in [0, 0.05) is 24.1 Å². The first-order valence-corrected chi connectivity index (χ1v) is 17.1. The van der Waals surface area contributed by atoms with Gasteiger partial charge in [-0.1, -0.05) is 30.7 Å². The van der Waals surface area contributed by atoms with Crippen LogP contribution in [0.1, 0.15) is 73.9 Å². The summed E-state index contributed by atoms with van der Waals surface area (Å²) in [6, 6.07) is 9.45. The third kappa shape index (κ3) is 5.41. The number of nitrogens with zero attached hydrogens (tertiary/aromatic N) is 1. The molecule has 1 fully saturated rings. The van der Waals surface area contributed by atoms with Crippen molar-refractivity contribution in [2.75, 3.05) is 31.7 Å². The zero-order chi connectivity index (χ0) is 29.6. The number of nitrogens with one attached hydrogen (secondary N) is 1. The molecule has 5 atom stereocenters. The third-order valence-corrected chi connectivity index (χ3v) is 12.5. The van der Waals surface area contributed by atoms with Crippen LogP contribution in [0.5, 0.6) is 11.5 Å². The fraction of sp³-hybridized carbons (Fsp3) is 0.545. The second-order valence-electron chi connectivity index (χ2n) is 12.8. The average molecular weight is 613 g/mol. The number of methoxy groups -OCH3 is 1. The molecule has 2 bridgehead atoms. The van der Waals surface area contributed by atoms with Gasteiger partial charge in [0.05, 0.1) is 29.7 Å². The number of hydrogen-bond acceptors (Lipinski definition) is 6. The fourth-order valence-corrected chi connectivity index (χ4v) is 8.80. The first kappa shape index (κ1) is 29.4. The number of allylic oxidation sites excluding steroid dienone is 2. The minimum atomic E-state index is -3.85. The number of rotatable bonds is 1. The zero-order valence-electron chi connectivity index (χ0n) is 24.7. The number of carbonyl (C=O) groups excluding carboxylic acids is 1. The van der Waals surface area contributed by atoms with Crippen molar-refractivity contribution in [3.63, 3.8) is 0 Å². The molecule has 0 radical (unpaired) electrons. The van der Waals surface area contributed by atoms with Crippen LogP contribution in [-0.2, 0) is 21.9 Å². The van der Waals surface area contributed by atoms with Gasteiger partial charge in [0.25, 0.3) is 5.91 Å². The first-order chi connectivity index (χ1) is 20.1. The van der Waals surface area contributed by atoms with Crippen molar-refractivity contribution in [3.8, 4) is 11.5 Å². The number of benzene rings is 2. The van der Waals surface area contributed by atoms with Crippen LogP contribution in [0.3, 0.4) is 0 Å². The minimum Gasteiger partial charge on any atom is -0.495 e. The Labute approximate surface area is 254 Å². The van der Waals surface area contributed by atoms with E-state index in [0.29, 0.717) is 41.2 Å². The molecule has 2 aromatic carbocycles. The Morgan fingerprint density at radius 2 is 1.88 bits per heavy atom. The van der Waals surface area contributed by atoms with E-state index in [1.165, 1.54) is 24.0 Å². The lowest BCUT2D eigenvalue weighted by Crippen LogP contribution is -2.48. The van der Waals surface area contributed by atoms with Gasteiger partial charge in [0.15, 0.2) is 0 Å². The maximum Gasteiger partial charge on any atom is 0.264 e. The Kier molecular flexibility index (Phi) is 7.98. The van der Waals surface area contributed by atoms with Crippen LogP contribution in [0.25, 0.3) is 0 Å². The van der Waals surface area contributed by atoms with Crippen molar-refractivity contribution >= 4 is 33.2 Å². The van der Waals surface area contributed by atoms with Crippen LogP contribution < -0.4 is 19.1 Å². The van der Waals surface area contributed by atoms with Gasteiger partial charge in [-0.2, -0.15) is 0 Å². The number of aryl methyl sites for hydroxylation is 1. The van der Waals surface area contributed by atoms with E-state index >= 15 is 0 Å². The predicted octanol–water partition coefficient (Wildman–Crippen LogP) is 6.28. The minimum absolute atomic E-state index is 0.115. The molecule has 2 heterocycles. The van der Waals surface area contributed by atoms with Gasteiger partial charge in [-0.25, -0.2) is 13.1 Å². The molecule has 2 aliphatic heterocycles. The van der Waals surface area contributed by atoms with Gasteiger partial charge < -0.3 is 14.4 Å². The molecule has 42 heavy (non-hydrogen) atoms. The lowest BCUT2D eigenvalue weighted by Gasteiger charge is -2.44. The summed E-state index contributed by atoms with van der Waals surface area (Å²) in [5, 5.41) is -0.0799. The van der Waals surface area contributed by atoms with Gasteiger partial charge in [0.2, 0.25) is 10.0 Å². The number of sulfonamides is 1. The Bertz CT molecular complexity index is 1510. The summed E-state index contributed by atoms with van der Waals surface area (Å²) >= 11 is 6.55. The van der Waals surface area contributed by atoms with Crippen molar-refractivity contribution in [1.82, 2.24) is 4.72 Å². The fourth-order valence-electron chi connectivity index (χ4n) is 7.25. The molecule has 7 nitrogen and oxygen atoms in total. The van der Waals surface area contributed by atoms with E-state index in [4.69, 9.17) is 21.1 Å². The Morgan fingerprint density at radius 1 is 1.10 bits per heavy atom. The van der Waals surface area contributed by atoms with Crippen molar-refractivity contribution in [2.45, 2.75) is 69.5 Å². The van der Waals surface area contributed by atoms with Gasteiger partial charge in [0.1, 0.15) is 11.5 Å². The lowest BCUT2D eigenvalue weighted by atomic mass is 9.69. The summed E-state index contributed by atoms with van der Waals surface area (Å²) in [7, 11) is -2.21. The molecule has 2 aliphatic carbocycles. The summed E-state index contributed by atoms with van der Waals surface area (Å²) in [5.41, 5.74) is 3.34. The van der Waals surface area contributed by atoms with E-state index in [1.807, 2.05) is 25.1 Å². The van der Waals surface area contributed by atoms with Crippen LogP contribution in [0.2, 0.25) is 5.02 Å². The van der Waals surface area contributed by atoms with Gasteiger partial charge in [-0.15, -0.1) is 0 Å². The van der Waals surface area contributed by atoms with E-state index < -0.39 is 21.2 Å². The number of fused-ring (bicyclic) bond motifs is 4. The molecule has 226 valence electrons. The lowest BCUT2D eigenvalue weighted by molar-refractivity contribution is 0.0981. The highest BCUT2D eigenvalue weighted by atomic mass is 35.5. The molecule has 1 saturated carbocycles. The molecule has 4 aliphatic rings. The molecule has 9 heteroatoms. The maximum atomic E-state index is 13.3. The summed E-state index contributed by atoms with van der Waals surface area (Å²) in [6.45, 7) is 5.69. The van der Waals surface area contributed by atoms with Crippen LogP contribution in [-0.4, -0.2) is 46.4 Å². The van der Waals surface area contributed by atoms with E-state index in [0.717, 1.165) is 50.2 Å². The van der Waals surface area contributed by atoms with Crippen molar-refractivity contribution < 1.29 is 22.7 Å². The SMILES string of the molecule is COc1cc2c(cc1Cl)CCC[C@]21COc2ccc3cc2N(C[C@@H]2CC[C@@H]2C/C=C/C[C@H](C)[C@@H](C)S(=O)(=O)NC3=O)C1. The monoisotopic (exact) mass is 612 g/mol. The van der Waals surface area contributed by atoms with Gasteiger partial charge in [-0.3, -0.25) is 4.79 Å². The molecule has 1 N–H and O–H groups in total. The van der Waals surface area contributed by atoms with E-state index in [-0.39, 0.29) is 11.3 Å². The number of halogens is 1. The molecule has 1 amide bonds. The predicted molar refractivity (Wildman–Crippen MR) is 166 cm³/mol. The molecular weight excluding hydrogens is 572 g/mol. The van der Waals surface area contributed by atoms with E-state index in [2.05, 4.69) is 27.8 Å². The summed E-state index contributed by atoms with van der Waals surface area (Å²) in [4.78, 5) is 15.8. The van der Waals surface area contributed by atoms with Crippen LogP contribution in [0, 0.1) is 17.8 Å². The number of carbonyl (C=O) groups is 1. The molecule has 0 saturated heterocycles.